The molecule has 0 saturated carbocycles. The molecule has 0 aliphatic rings. The van der Waals surface area contributed by atoms with E-state index in [-0.39, 0.29) is 0 Å². The smallest absolute Gasteiger partial charge is 0.128 e. The Labute approximate surface area is 42.8 Å². The molecule has 7 heavy (non-hydrogen) atoms. The predicted octanol–water partition coefficient (Wildman–Crippen LogP) is -0.966. The lowest BCUT2D eigenvalue weighted by Crippen LogP contribution is -2.33. The minimum atomic E-state index is -1.08. The fourth-order valence-corrected chi connectivity index (χ4v) is 0.241. The lowest BCUT2D eigenvalue weighted by molar-refractivity contribution is 0.0218. The molecule has 2 unspecified atom stereocenters. The van der Waals surface area contributed by atoms with Gasteiger partial charge < -0.3 is 15.9 Å². The van der Waals surface area contributed by atoms with Crippen LogP contribution in [0.2, 0.25) is 0 Å². The summed E-state index contributed by atoms with van der Waals surface area (Å²) in [5, 5.41) is 16.9. The molecule has 4 N–H and O–H groups in total. The third kappa shape index (κ3) is 2.56. The lowest BCUT2D eigenvalue weighted by atomic mass is 10.2. The SMILES string of the molecule is CCC(O)C(N)O. The van der Waals surface area contributed by atoms with Crippen molar-refractivity contribution in [3.63, 3.8) is 0 Å². The second-order valence-corrected chi connectivity index (χ2v) is 1.47. The molecule has 2 atom stereocenters. The van der Waals surface area contributed by atoms with Crippen molar-refractivity contribution in [1.82, 2.24) is 0 Å². The summed E-state index contributed by atoms with van der Waals surface area (Å²) in [5.74, 6) is 0. The van der Waals surface area contributed by atoms with E-state index in [0.717, 1.165) is 0 Å². The maximum atomic E-state index is 8.56. The summed E-state index contributed by atoms with van der Waals surface area (Å²) in [7, 11) is 0. The third-order valence-corrected chi connectivity index (χ3v) is 0.813. The topological polar surface area (TPSA) is 66.5 Å². The molecule has 0 aromatic heterocycles. The highest BCUT2D eigenvalue weighted by Gasteiger charge is 2.05. The highest BCUT2D eigenvalue weighted by Crippen LogP contribution is 1.89. The first-order chi connectivity index (χ1) is 3.18. The zero-order valence-corrected chi connectivity index (χ0v) is 4.33. The Morgan fingerprint density at radius 1 is 1.57 bits per heavy atom. The van der Waals surface area contributed by atoms with Gasteiger partial charge in [0.25, 0.3) is 0 Å². The summed E-state index contributed by atoms with van der Waals surface area (Å²) in [6.45, 7) is 1.75. The number of rotatable bonds is 2. The molecule has 0 amide bonds. The van der Waals surface area contributed by atoms with Crippen LogP contribution in [0.15, 0.2) is 0 Å². The van der Waals surface area contributed by atoms with Gasteiger partial charge in [-0.25, -0.2) is 0 Å². The van der Waals surface area contributed by atoms with Crippen molar-refractivity contribution in [2.24, 2.45) is 5.73 Å². The van der Waals surface area contributed by atoms with Crippen molar-refractivity contribution in [1.29, 1.82) is 0 Å². The predicted molar refractivity (Wildman–Crippen MR) is 26.5 cm³/mol. The van der Waals surface area contributed by atoms with Crippen molar-refractivity contribution in [2.75, 3.05) is 0 Å². The second-order valence-electron chi connectivity index (χ2n) is 1.47. The van der Waals surface area contributed by atoms with Crippen LogP contribution in [-0.4, -0.2) is 22.5 Å². The van der Waals surface area contributed by atoms with E-state index in [0.29, 0.717) is 6.42 Å². The summed E-state index contributed by atoms with van der Waals surface area (Å²) < 4.78 is 0. The fourth-order valence-electron chi connectivity index (χ4n) is 0.241. The molecule has 0 rings (SSSR count). The maximum absolute atomic E-state index is 8.56. The van der Waals surface area contributed by atoms with Crippen LogP contribution in [0.3, 0.4) is 0 Å². The molecule has 0 heterocycles. The first-order valence-corrected chi connectivity index (χ1v) is 2.30. The van der Waals surface area contributed by atoms with E-state index < -0.39 is 12.3 Å². The molecule has 0 aliphatic carbocycles. The van der Waals surface area contributed by atoms with Crippen molar-refractivity contribution < 1.29 is 10.2 Å². The van der Waals surface area contributed by atoms with Crippen LogP contribution in [0.4, 0.5) is 0 Å². The Bertz CT molecular complexity index is 47.0. The Kier molecular flexibility index (Phi) is 2.91. The number of aliphatic hydroxyl groups is 2. The van der Waals surface area contributed by atoms with Gasteiger partial charge in [-0.05, 0) is 6.42 Å². The molecule has 0 radical (unpaired) electrons. The van der Waals surface area contributed by atoms with Crippen LogP contribution in [0.5, 0.6) is 0 Å². The van der Waals surface area contributed by atoms with Crippen molar-refractivity contribution in [2.45, 2.75) is 25.7 Å². The van der Waals surface area contributed by atoms with Gasteiger partial charge in [-0.3, -0.25) is 0 Å². The van der Waals surface area contributed by atoms with Crippen LogP contribution >= 0.6 is 0 Å². The number of aliphatic hydroxyl groups excluding tert-OH is 2. The van der Waals surface area contributed by atoms with Crippen LogP contribution < -0.4 is 5.73 Å². The fraction of sp³-hybridized carbons (Fsp3) is 1.00. The van der Waals surface area contributed by atoms with Gasteiger partial charge in [-0.2, -0.15) is 0 Å². The van der Waals surface area contributed by atoms with E-state index >= 15 is 0 Å². The van der Waals surface area contributed by atoms with Gasteiger partial charge in [0.2, 0.25) is 0 Å². The summed E-state index contributed by atoms with van der Waals surface area (Å²) >= 11 is 0. The van der Waals surface area contributed by atoms with Crippen LogP contribution in [-0.2, 0) is 0 Å². The minimum absolute atomic E-state index is 0.498. The van der Waals surface area contributed by atoms with Crippen LogP contribution in [0.1, 0.15) is 13.3 Å². The Morgan fingerprint density at radius 2 is 2.00 bits per heavy atom. The van der Waals surface area contributed by atoms with Gasteiger partial charge in [-0.1, -0.05) is 6.92 Å². The monoisotopic (exact) mass is 105 g/mol. The quantitative estimate of drug-likeness (QED) is 0.396. The number of hydrogen-bond donors (Lipinski definition) is 3. The van der Waals surface area contributed by atoms with Gasteiger partial charge in [-0.15, -0.1) is 0 Å². The van der Waals surface area contributed by atoms with E-state index in [1.54, 1.807) is 6.92 Å². The highest BCUT2D eigenvalue weighted by molar-refractivity contribution is 4.55. The van der Waals surface area contributed by atoms with Crippen LogP contribution in [0, 0.1) is 0 Å². The van der Waals surface area contributed by atoms with Gasteiger partial charge in [0.15, 0.2) is 0 Å². The zero-order chi connectivity index (χ0) is 5.86. The summed E-state index contributed by atoms with van der Waals surface area (Å²) in [6, 6.07) is 0. The average molecular weight is 105 g/mol. The van der Waals surface area contributed by atoms with E-state index in [1.165, 1.54) is 0 Å². The van der Waals surface area contributed by atoms with Gasteiger partial charge in [0, 0.05) is 0 Å². The highest BCUT2D eigenvalue weighted by atomic mass is 16.3. The summed E-state index contributed by atoms with van der Waals surface area (Å²) in [4.78, 5) is 0. The van der Waals surface area contributed by atoms with E-state index in [2.05, 4.69) is 0 Å². The molecule has 0 saturated heterocycles. The average Bonchev–Trinajstić information content (AvgIpc) is 1.65. The standard InChI is InChI=1S/C4H11NO2/c1-2-3(6)4(5)7/h3-4,6-7H,2,5H2,1H3. The largest absolute Gasteiger partial charge is 0.389 e. The molecular formula is C4H11NO2. The van der Waals surface area contributed by atoms with E-state index in [1.807, 2.05) is 0 Å². The molecule has 0 bridgehead atoms. The van der Waals surface area contributed by atoms with E-state index in [4.69, 9.17) is 15.9 Å². The molecular weight excluding hydrogens is 94.0 g/mol. The Morgan fingerprint density at radius 3 is 2.00 bits per heavy atom. The molecule has 0 aliphatic heterocycles. The molecule has 0 fully saturated rings. The molecule has 0 aromatic carbocycles. The summed E-state index contributed by atoms with van der Waals surface area (Å²) in [5.41, 5.74) is 4.85. The van der Waals surface area contributed by atoms with Crippen LogP contribution in [0.25, 0.3) is 0 Å². The normalized spacial score (nSPS) is 18.9. The van der Waals surface area contributed by atoms with Crippen molar-refractivity contribution in [3.8, 4) is 0 Å². The van der Waals surface area contributed by atoms with Gasteiger partial charge in [0.1, 0.15) is 6.23 Å². The first-order valence-electron chi connectivity index (χ1n) is 2.30. The summed E-state index contributed by atoms with van der Waals surface area (Å²) in [6.07, 6.45) is -1.34. The van der Waals surface area contributed by atoms with Crippen molar-refractivity contribution in [3.05, 3.63) is 0 Å². The minimum Gasteiger partial charge on any atom is -0.389 e. The zero-order valence-electron chi connectivity index (χ0n) is 4.33. The molecule has 44 valence electrons. The molecule has 3 nitrogen and oxygen atoms in total. The Balaban J connectivity index is 3.14. The van der Waals surface area contributed by atoms with E-state index in [9.17, 15) is 0 Å². The van der Waals surface area contributed by atoms with Gasteiger partial charge in [0.05, 0.1) is 6.10 Å². The molecule has 0 spiro atoms. The Hall–Kier alpha value is -0.120. The first kappa shape index (κ1) is 6.88. The van der Waals surface area contributed by atoms with Crippen molar-refractivity contribution >= 4 is 0 Å². The number of nitrogens with two attached hydrogens (primary N) is 1. The second kappa shape index (κ2) is 2.96. The number of hydrogen-bond acceptors (Lipinski definition) is 3. The lowest BCUT2D eigenvalue weighted by Gasteiger charge is -2.08. The van der Waals surface area contributed by atoms with Gasteiger partial charge >= 0.3 is 0 Å². The third-order valence-electron chi connectivity index (χ3n) is 0.813. The molecule has 0 aromatic rings. The molecule has 3 heteroatoms. The maximum Gasteiger partial charge on any atom is 0.128 e.